The van der Waals surface area contributed by atoms with E-state index >= 15 is 0 Å². The third-order valence-corrected chi connectivity index (χ3v) is 2.24. The Morgan fingerprint density at radius 1 is 0.556 bits per heavy atom. The van der Waals surface area contributed by atoms with Gasteiger partial charge in [0.05, 0.1) is 19.8 Å². The minimum atomic E-state index is 0.0694. The van der Waals surface area contributed by atoms with Crippen LogP contribution in [0.4, 0.5) is 0 Å². The molecule has 0 saturated heterocycles. The number of nitrogens with zero attached hydrogens (tertiary/aromatic N) is 3. The van der Waals surface area contributed by atoms with E-state index in [-0.39, 0.29) is 19.8 Å². The third kappa shape index (κ3) is 18.1. The van der Waals surface area contributed by atoms with Gasteiger partial charge in [0.2, 0.25) is 0 Å². The molecule has 0 amide bonds. The second-order valence-electron chi connectivity index (χ2n) is 4.62. The van der Waals surface area contributed by atoms with Gasteiger partial charge in [-0.3, -0.25) is 4.90 Å². The lowest BCUT2D eigenvalue weighted by Gasteiger charge is -2.17. The molecule has 0 aliphatic heterocycles. The average Bonchev–Trinajstić information content (AvgIpc) is 2.28. The highest BCUT2D eigenvalue weighted by Crippen LogP contribution is 1.84. The summed E-state index contributed by atoms with van der Waals surface area (Å²) in [5.41, 5.74) is 0. The SMILES string of the molecule is CN(C)CCN(C)C.OCCN(CCO)CCO. The summed E-state index contributed by atoms with van der Waals surface area (Å²) < 4.78 is 0. The van der Waals surface area contributed by atoms with Crippen LogP contribution in [0.25, 0.3) is 0 Å². The van der Waals surface area contributed by atoms with E-state index in [9.17, 15) is 0 Å². The highest BCUT2D eigenvalue weighted by Gasteiger charge is 2.00. The van der Waals surface area contributed by atoms with Gasteiger partial charge in [0.25, 0.3) is 0 Å². The molecular weight excluding hydrogens is 234 g/mol. The summed E-state index contributed by atoms with van der Waals surface area (Å²) >= 11 is 0. The summed E-state index contributed by atoms with van der Waals surface area (Å²) in [5, 5.41) is 25.5. The van der Waals surface area contributed by atoms with Crippen LogP contribution in [0.1, 0.15) is 0 Å². The molecule has 0 radical (unpaired) electrons. The summed E-state index contributed by atoms with van der Waals surface area (Å²) in [6, 6.07) is 0. The molecular formula is C12H31N3O3. The van der Waals surface area contributed by atoms with Crippen molar-refractivity contribution >= 4 is 0 Å². The second-order valence-corrected chi connectivity index (χ2v) is 4.62. The topological polar surface area (TPSA) is 70.4 Å². The first-order valence-electron chi connectivity index (χ1n) is 6.32. The van der Waals surface area contributed by atoms with Gasteiger partial charge in [-0.15, -0.1) is 0 Å². The summed E-state index contributed by atoms with van der Waals surface area (Å²) in [6.45, 7) is 4.05. The molecule has 0 saturated carbocycles. The smallest absolute Gasteiger partial charge is 0.0558 e. The average molecular weight is 265 g/mol. The maximum Gasteiger partial charge on any atom is 0.0558 e. The molecule has 0 unspecified atom stereocenters. The number of hydrogen-bond acceptors (Lipinski definition) is 6. The summed E-state index contributed by atoms with van der Waals surface area (Å²) in [4.78, 5) is 6.15. The lowest BCUT2D eigenvalue weighted by Crippen LogP contribution is -2.32. The molecule has 0 aliphatic carbocycles. The summed E-state index contributed by atoms with van der Waals surface area (Å²) in [5.74, 6) is 0. The third-order valence-electron chi connectivity index (χ3n) is 2.24. The maximum absolute atomic E-state index is 8.48. The first kappa shape index (κ1) is 20.1. The Morgan fingerprint density at radius 2 is 0.833 bits per heavy atom. The fraction of sp³-hybridized carbons (Fsp3) is 1.00. The molecule has 0 spiro atoms. The fourth-order valence-electron chi connectivity index (χ4n) is 1.16. The fourth-order valence-corrected chi connectivity index (χ4v) is 1.16. The minimum absolute atomic E-state index is 0.0694. The lowest BCUT2D eigenvalue weighted by molar-refractivity contribution is 0.136. The molecule has 0 aromatic heterocycles. The first-order valence-corrected chi connectivity index (χ1v) is 6.32. The van der Waals surface area contributed by atoms with E-state index in [1.807, 2.05) is 0 Å². The number of aliphatic hydroxyl groups excluding tert-OH is 3. The van der Waals surface area contributed by atoms with Gasteiger partial charge in [-0.25, -0.2) is 0 Å². The predicted octanol–water partition coefficient (Wildman–Crippen LogP) is -1.63. The largest absolute Gasteiger partial charge is 0.395 e. The van der Waals surface area contributed by atoms with Gasteiger partial charge in [-0.05, 0) is 28.2 Å². The van der Waals surface area contributed by atoms with Crippen LogP contribution >= 0.6 is 0 Å². The molecule has 112 valence electrons. The van der Waals surface area contributed by atoms with Crippen LogP contribution < -0.4 is 0 Å². The Bertz CT molecular complexity index is 135. The van der Waals surface area contributed by atoms with Gasteiger partial charge >= 0.3 is 0 Å². The monoisotopic (exact) mass is 265 g/mol. The highest BCUT2D eigenvalue weighted by atomic mass is 16.3. The van der Waals surface area contributed by atoms with Gasteiger partial charge in [-0.1, -0.05) is 0 Å². The number of aliphatic hydroxyl groups is 3. The minimum Gasteiger partial charge on any atom is -0.395 e. The van der Waals surface area contributed by atoms with E-state index in [1.54, 1.807) is 4.90 Å². The quantitative estimate of drug-likeness (QED) is 0.465. The lowest BCUT2D eigenvalue weighted by atomic mass is 10.4. The van der Waals surface area contributed by atoms with Crippen LogP contribution in [0.15, 0.2) is 0 Å². The van der Waals surface area contributed by atoms with Crippen molar-refractivity contribution in [2.24, 2.45) is 0 Å². The zero-order valence-electron chi connectivity index (χ0n) is 12.3. The Kier molecular flexibility index (Phi) is 16.5. The van der Waals surface area contributed by atoms with Crippen molar-refractivity contribution in [2.45, 2.75) is 0 Å². The zero-order valence-corrected chi connectivity index (χ0v) is 12.3. The molecule has 6 heteroatoms. The van der Waals surface area contributed by atoms with Crippen molar-refractivity contribution in [3.8, 4) is 0 Å². The van der Waals surface area contributed by atoms with Gasteiger partial charge in [-0.2, -0.15) is 0 Å². The van der Waals surface area contributed by atoms with Gasteiger partial charge in [0, 0.05) is 32.7 Å². The van der Waals surface area contributed by atoms with E-state index in [2.05, 4.69) is 38.0 Å². The van der Waals surface area contributed by atoms with E-state index in [4.69, 9.17) is 15.3 Å². The zero-order chi connectivity index (χ0) is 14.4. The van der Waals surface area contributed by atoms with Crippen molar-refractivity contribution in [3.05, 3.63) is 0 Å². The standard InChI is InChI=1S/C6H16N2.C6H15NO3/c1-7(2)5-6-8(3)4;8-4-1-7(2-5-9)3-6-10/h5-6H2,1-4H3;8-10H,1-6H2. The van der Waals surface area contributed by atoms with Gasteiger partial charge in [0.15, 0.2) is 0 Å². The molecule has 0 bridgehead atoms. The number of hydrogen-bond donors (Lipinski definition) is 3. The molecule has 3 N–H and O–H groups in total. The van der Waals surface area contributed by atoms with E-state index in [0.29, 0.717) is 19.6 Å². The molecule has 0 aromatic rings. The molecule has 0 aromatic carbocycles. The van der Waals surface area contributed by atoms with Crippen molar-refractivity contribution in [2.75, 3.05) is 80.7 Å². The normalized spacial score (nSPS) is 11.0. The van der Waals surface area contributed by atoms with Crippen LogP contribution in [0.5, 0.6) is 0 Å². The second kappa shape index (κ2) is 14.8. The summed E-state index contributed by atoms with van der Waals surface area (Å²) in [6.07, 6.45) is 0. The van der Waals surface area contributed by atoms with Crippen molar-refractivity contribution in [1.29, 1.82) is 0 Å². The molecule has 0 fully saturated rings. The van der Waals surface area contributed by atoms with Crippen molar-refractivity contribution in [3.63, 3.8) is 0 Å². The Morgan fingerprint density at radius 3 is 1.00 bits per heavy atom. The first-order chi connectivity index (χ1) is 8.47. The number of rotatable bonds is 9. The molecule has 0 rings (SSSR count). The number of likely N-dealkylation sites (N-methyl/N-ethyl adjacent to an activating group) is 2. The van der Waals surface area contributed by atoms with Crippen molar-refractivity contribution in [1.82, 2.24) is 14.7 Å². The van der Waals surface area contributed by atoms with Crippen LogP contribution in [0, 0.1) is 0 Å². The molecule has 0 aliphatic rings. The van der Waals surface area contributed by atoms with Crippen LogP contribution in [-0.4, -0.2) is 111 Å². The molecule has 6 nitrogen and oxygen atoms in total. The maximum atomic E-state index is 8.48. The summed E-state index contributed by atoms with van der Waals surface area (Å²) in [7, 11) is 8.35. The van der Waals surface area contributed by atoms with Gasteiger partial charge < -0.3 is 25.1 Å². The van der Waals surface area contributed by atoms with Crippen LogP contribution in [-0.2, 0) is 0 Å². The Balaban J connectivity index is 0. The molecule has 0 atom stereocenters. The van der Waals surface area contributed by atoms with E-state index < -0.39 is 0 Å². The van der Waals surface area contributed by atoms with Crippen LogP contribution in [0.2, 0.25) is 0 Å². The molecule has 0 heterocycles. The van der Waals surface area contributed by atoms with E-state index in [1.165, 1.54) is 0 Å². The van der Waals surface area contributed by atoms with Gasteiger partial charge in [0.1, 0.15) is 0 Å². The Labute approximate surface area is 111 Å². The van der Waals surface area contributed by atoms with E-state index in [0.717, 1.165) is 13.1 Å². The van der Waals surface area contributed by atoms with Crippen LogP contribution in [0.3, 0.4) is 0 Å². The predicted molar refractivity (Wildman–Crippen MR) is 74.8 cm³/mol. The van der Waals surface area contributed by atoms with Crippen molar-refractivity contribution < 1.29 is 15.3 Å². The highest BCUT2D eigenvalue weighted by molar-refractivity contribution is 4.54. The molecule has 18 heavy (non-hydrogen) atoms. The Hall–Kier alpha value is -0.240.